The fourth-order valence-corrected chi connectivity index (χ4v) is 1.96. The van der Waals surface area contributed by atoms with Gasteiger partial charge >= 0.3 is 5.97 Å². The molecular weight excluding hydrogens is 266 g/mol. The number of hydrogen-bond donors (Lipinski definition) is 0. The van der Waals surface area contributed by atoms with Crippen LogP contribution in [0, 0.1) is 11.8 Å². The first-order chi connectivity index (χ1) is 9.95. The Labute approximate surface area is 124 Å². The summed E-state index contributed by atoms with van der Waals surface area (Å²) in [5.41, 5.74) is 1.76. The SMILES string of the molecule is CCC#CCOC(=O)c1cnn2c(C(C)(C)C)ccnc12. The van der Waals surface area contributed by atoms with Gasteiger partial charge in [-0.05, 0) is 6.07 Å². The summed E-state index contributed by atoms with van der Waals surface area (Å²) in [5.74, 6) is 5.17. The molecule has 2 aromatic heterocycles. The Morgan fingerprint density at radius 1 is 1.38 bits per heavy atom. The van der Waals surface area contributed by atoms with E-state index in [4.69, 9.17) is 4.74 Å². The van der Waals surface area contributed by atoms with Crippen LogP contribution in [0.15, 0.2) is 18.5 Å². The number of hydrogen-bond acceptors (Lipinski definition) is 4. The molecule has 0 amide bonds. The van der Waals surface area contributed by atoms with E-state index in [1.165, 1.54) is 6.20 Å². The average Bonchev–Trinajstić information content (AvgIpc) is 2.86. The number of nitrogens with zero attached hydrogens (tertiary/aromatic N) is 3. The zero-order valence-electron chi connectivity index (χ0n) is 12.8. The van der Waals surface area contributed by atoms with Gasteiger partial charge in [-0.25, -0.2) is 14.3 Å². The van der Waals surface area contributed by atoms with Crippen molar-refractivity contribution in [2.45, 2.75) is 39.5 Å². The monoisotopic (exact) mass is 285 g/mol. The number of esters is 1. The second-order valence-corrected chi connectivity index (χ2v) is 5.66. The number of rotatable bonds is 2. The molecule has 0 saturated heterocycles. The van der Waals surface area contributed by atoms with E-state index in [2.05, 4.69) is 42.7 Å². The van der Waals surface area contributed by atoms with E-state index >= 15 is 0 Å². The van der Waals surface area contributed by atoms with Crippen molar-refractivity contribution in [3.05, 3.63) is 29.7 Å². The molecular formula is C16H19N3O2. The zero-order valence-corrected chi connectivity index (χ0v) is 12.8. The summed E-state index contributed by atoms with van der Waals surface area (Å²) >= 11 is 0. The summed E-state index contributed by atoms with van der Waals surface area (Å²) in [7, 11) is 0. The molecule has 0 aliphatic heterocycles. The molecule has 0 atom stereocenters. The smallest absolute Gasteiger partial charge is 0.344 e. The summed E-state index contributed by atoms with van der Waals surface area (Å²) in [6.07, 6.45) is 3.92. The van der Waals surface area contributed by atoms with Crippen LogP contribution in [0.2, 0.25) is 0 Å². The lowest BCUT2D eigenvalue weighted by Crippen LogP contribution is -2.17. The van der Waals surface area contributed by atoms with Gasteiger partial charge in [0.05, 0.1) is 11.9 Å². The van der Waals surface area contributed by atoms with Gasteiger partial charge in [-0.2, -0.15) is 5.10 Å². The minimum Gasteiger partial charge on any atom is -0.449 e. The number of ether oxygens (including phenoxy) is 1. The van der Waals surface area contributed by atoms with Gasteiger partial charge in [0.1, 0.15) is 5.56 Å². The van der Waals surface area contributed by atoms with E-state index in [0.29, 0.717) is 11.2 Å². The Hall–Kier alpha value is -2.35. The number of fused-ring (bicyclic) bond motifs is 1. The molecule has 0 saturated carbocycles. The molecule has 0 spiro atoms. The van der Waals surface area contributed by atoms with Crippen LogP contribution in [0.1, 0.15) is 50.2 Å². The molecule has 0 unspecified atom stereocenters. The van der Waals surface area contributed by atoms with Crippen LogP contribution >= 0.6 is 0 Å². The quantitative estimate of drug-likeness (QED) is 0.628. The predicted molar refractivity (Wildman–Crippen MR) is 80.0 cm³/mol. The minimum absolute atomic E-state index is 0.0863. The van der Waals surface area contributed by atoms with Gasteiger partial charge in [-0.15, -0.1) is 5.92 Å². The van der Waals surface area contributed by atoms with Crippen LogP contribution in [0.3, 0.4) is 0 Å². The first-order valence-electron chi connectivity index (χ1n) is 6.91. The highest BCUT2D eigenvalue weighted by Crippen LogP contribution is 2.23. The van der Waals surface area contributed by atoms with Gasteiger partial charge in [-0.3, -0.25) is 0 Å². The molecule has 2 heterocycles. The highest BCUT2D eigenvalue weighted by atomic mass is 16.5. The lowest BCUT2D eigenvalue weighted by atomic mass is 9.92. The Bertz CT molecular complexity index is 714. The fourth-order valence-electron chi connectivity index (χ4n) is 1.96. The molecule has 0 aromatic carbocycles. The summed E-state index contributed by atoms with van der Waals surface area (Å²) in [4.78, 5) is 16.3. The first kappa shape index (κ1) is 15.0. The summed E-state index contributed by atoms with van der Waals surface area (Å²) in [6, 6.07) is 1.90. The van der Waals surface area contributed by atoms with Gasteiger partial charge in [-0.1, -0.05) is 33.6 Å². The zero-order chi connectivity index (χ0) is 15.5. The van der Waals surface area contributed by atoms with Gasteiger partial charge in [0, 0.05) is 18.0 Å². The fraction of sp³-hybridized carbons (Fsp3) is 0.438. The van der Waals surface area contributed by atoms with E-state index in [-0.39, 0.29) is 12.0 Å². The Kier molecular flexibility index (Phi) is 4.27. The van der Waals surface area contributed by atoms with Crippen LogP contribution in [0.5, 0.6) is 0 Å². The van der Waals surface area contributed by atoms with Crippen LogP contribution in [0.4, 0.5) is 0 Å². The molecule has 5 heteroatoms. The van der Waals surface area contributed by atoms with Crippen molar-refractivity contribution in [1.82, 2.24) is 14.6 Å². The van der Waals surface area contributed by atoms with Crippen molar-refractivity contribution in [2.75, 3.05) is 6.61 Å². The van der Waals surface area contributed by atoms with E-state index in [0.717, 1.165) is 12.1 Å². The Balaban J connectivity index is 2.32. The number of carbonyl (C=O) groups is 1. The molecule has 0 aliphatic carbocycles. The van der Waals surface area contributed by atoms with E-state index in [1.54, 1.807) is 10.7 Å². The third kappa shape index (κ3) is 3.22. The van der Waals surface area contributed by atoms with Gasteiger partial charge in [0.2, 0.25) is 0 Å². The minimum atomic E-state index is -0.450. The molecule has 0 fully saturated rings. The van der Waals surface area contributed by atoms with Gasteiger partial charge in [0.15, 0.2) is 12.3 Å². The maximum Gasteiger partial charge on any atom is 0.344 e. The van der Waals surface area contributed by atoms with Crippen LogP contribution in [-0.4, -0.2) is 27.2 Å². The number of aromatic nitrogens is 3. The third-order valence-corrected chi connectivity index (χ3v) is 2.97. The summed E-state index contributed by atoms with van der Waals surface area (Å²) < 4.78 is 6.80. The summed E-state index contributed by atoms with van der Waals surface area (Å²) in [5, 5.41) is 4.27. The third-order valence-electron chi connectivity index (χ3n) is 2.97. The van der Waals surface area contributed by atoms with Crippen molar-refractivity contribution >= 4 is 11.6 Å². The highest BCUT2D eigenvalue weighted by molar-refractivity contribution is 5.95. The largest absolute Gasteiger partial charge is 0.449 e. The number of carbonyl (C=O) groups excluding carboxylic acids is 1. The molecule has 2 rings (SSSR count). The predicted octanol–water partition coefficient (Wildman–Crippen LogP) is 2.60. The molecule has 0 bridgehead atoms. The molecule has 110 valence electrons. The van der Waals surface area contributed by atoms with Gasteiger partial charge in [0.25, 0.3) is 0 Å². The maximum atomic E-state index is 12.1. The van der Waals surface area contributed by atoms with Crippen molar-refractivity contribution in [1.29, 1.82) is 0 Å². The second kappa shape index (κ2) is 5.96. The van der Waals surface area contributed by atoms with Crippen molar-refractivity contribution in [2.24, 2.45) is 0 Å². The molecule has 0 N–H and O–H groups in total. The first-order valence-corrected chi connectivity index (χ1v) is 6.91. The van der Waals surface area contributed by atoms with E-state index < -0.39 is 5.97 Å². The lowest BCUT2D eigenvalue weighted by Gasteiger charge is -2.19. The second-order valence-electron chi connectivity index (χ2n) is 5.66. The van der Waals surface area contributed by atoms with E-state index in [1.807, 2.05) is 13.0 Å². The van der Waals surface area contributed by atoms with Crippen LogP contribution in [0.25, 0.3) is 5.65 Å². The molecule has 0 aliphatic rings. The molecule has 2 aromatic rings. The molecule has 21 heavy (non-hydrogen) atoms. The normalized spacial score (nSPS) is 11.0. The standard InChI is InChI=1S/C16H19N3O2/c1-5-6-7-10-21-15(20)12-11-18-19-13(16(2,3)4)8-9-17-14(12)19/h8-9,11H,5,10H2,1-4H3. The summed E-state index contributed by atoms with van der Waals surface area (Å²) in [6.45, 7) is 8.28. The molecule has 5 nitrogen and oxygen atoms in total. The van der Waals surface area contributed by atoms with Crippen molar-refractivity contribution in [3.8, 4) is 11.8 Å². The average molecular weight is 285 g/mol. The Morgan fingerprint density at radius 2 is 2.14 bits per heavy atom. The van der Waals surface area contributed by atoms with Crippen LogP contribution < -0.4 is 0 Å². The molecule has 0 radical (unpaired) electrons. The van der Waals surface area contributed by atoms with E-state index in [9.17, 15) is 4.79 Å². The van der Waals surface area contributed by atoms with Crippen LogP contribution in [-0.2, 0) is 10.2 Å². The Morgan fingerprint density at radius 3 is 2.81 bits per heavy atom. The topological polar surface area (TPSA) is 56.5 Å². The van der Waals surface area contributed by atoms with Crippen molar-refractivity contribution in [3.63, 3.8) is 0 Å². The van der Waals surface area contributed by atoms with Crippen molar-refractivity contribution < 1.29 is 9.53 Å². The maximum absolute atomic E-state index is 12.1. The van der Waals surface area contributed by atoms with Gasteiger partial charge < -0.3 is 4.74 Å². The highest BCUT2D eigenvalue weighted by Gasteiger charge is 2.22. The lowest BCUT2D eigenvalue weighted by molar-refractivity contribution is 0.0558.